The van der Waals surface area contributed by atoms with Crippen molar-refractivity contribution >= 4 is 17.5 Å². The molecule has 4 atom stereocenters. The zero-order chi connectivity index (χ0) is 15.9. The predicted molar refractivity (Wildman–Crippen MR) is 76.4 cm³/mol. The lowest BCUT2D eigenvalue weighted by Gasteiger charge is -2.26. The van der Waals surface area contributed by atoms with E-state index in [1.54, 1.807) is 12.1 Å². The molecular weight excluding hydrogens is 293 g/mol. The van der Waals surface area contributed by atoms with Gasteiger partial charge in [-0.15, -0.1) is 0 Å². The fourth-order valence-corrected chi connectivity index (χ4v) is 2.78. The summed E-state index contributed by atoms with van der Waals surface area (Å²) in [6, 6.07) is 3.21. The van der Waals surface area contributed by atoms with E-state index in [9.17, 15) is 14.6 Å². The number of ether oxygens (including phenoxy) is 1. The second-order valence-corrected chi connectivity index (χ2v) is 5.07. The Bertz CT molecular complexity index is 721. The van der Waals surface area contributed by atoms with Gasteiger partial charge in [-0.3, -0.25) is 4.99 Å². The fourth-order valence-electron chi connectivity index (χ4n) is 2.78. The van der Waals surface area contributed by atoms with Gasteiger partial charge < -0.3 is 20.7 Å². The Hall–Kier alpha value is -2.10. The van der Waals surface area contributed by atoms with Crippen LogP contribution in [-0.4, -0.2) is 63.1 Å². The molecule has 3 heterocycles. The Labute approximate surface area is 125 Å². The number of alkyl halides is 1. The summed E-state index contributed by atoms with van der Waals surface area (Å²) in [6.07, 6.45) is -1.85. The van der Waals surface area contributed by atoms with Crippen molar-refractivity contribution in [2.45, 2.75) is 24.0 Å². The summed E-state index contributed by atoms with van der Waals surface area (Å²) in [4.78, 5) is 7.73. The summed E-state index contributed by atoms with van der Waals surface area (Å²) < 4.78 is 21.8. The van der Waals surface area contributed by atoms with Crippen molar-refractivity contribution in [2.75, 3.05) is 19.4 Å². The van der Waals surface area contributed by atoms with E-state index in [0.29, 0.717) is 11.2 Å². The van der Waals surface area contributed by atoms with Gasteiger partial charge in [-0.05, 0) is 12.1 Å². The number of nitrogen functional groups attached to an aromatic ring is 1. The van der Waals surface area contributed by atoms with Crippen LogP contribution in [0.1, 0.15) is 5.69 Å². The fraction of sp³-hybridized carbons (Fsp3) is 0.462. The SMILES string of the molecule is CN=C[C@@]1(c2ccc3c(N)ncnn23)O[C@H](CO)[C@@H](O)[C@H]1F. The van der Waals surface area contributed by atoms with E-state index < -0.39 is 30.6 Å². The van der Waals surface area contributed by atoms with Crippen LogP contribution in [0.2, 0.25) is 0 Å². The Morgan fingerprint density at radius 3 is 3.00 bits per heavy atom. The minimum absolute atomic E-state index is 0.234. The summed E-state index contributed by atoms with van der Waals surface area (Å²) in [7, 11) is 1.47. The predicted octanol–water partition coefficient (Wildman–Crippen LogP) is -0.703. The molecule has 1 saturated heterocycles. The van der Waals surface area contributed by atoms with Gasteiger partial charge in [0.2, 0.25) is 0 Å². The van der Waals surface area contributed by atoms with E-state index in [1.165, 1.54) is 24.1 Å². The monoisotopic (exact) mass is 309 g/mol. The number of nitrogens with two attached hydrogens (primary N) is 1. The third kappa shape index (κ3) is 1.90. The van der Waals surface area contributed by atoms with Crippen molar-refractivity contribution in [2.24, 2.45) is 4.99 Å². The number of aromatic nitrogens is 3. The van der Waals surface area contributed by atoms with Gasteiger partial charge in [0.1, 0.15) is 24.1 Å². The maximum absolute atomic E-state index is 14.8. The molecule has 4 N–H and O–H groups in total. The number of anilines is 1. The molecule has 1 aliphatic heterocycles. The third-order valence-electron chi connectivity index (χ3n) is 3.82. The molecule has 1 fully saturated rings. The van der Waals surface area contributed by atoms with Gasteiger partial charge in [0.15, 0.2) is 17.6 Å². The van der Waals surface area contributed by atoms with Crippen LogP contribution in [0.5, 0.6) is 0 Å². The molecule has 0 bridgehead atoms. The van der Waals surface area contributed by atoms with Gasteiger partial charge in [0, 0.05) is 13.3 Å². The number of hydrogen-bond donors (Lipinski definition) is 3. The highest BCUT2D eigenvalue weighted by Gasteiger charge is 2.57. The number of aliphatic hydroxyl groups is 2. The molecule has 0 aliphatic carbocycles. The zero-order valence-electron chi connectivity index (χ0n) is 11.8. The first-order valence-corrected chi connectivity index (χ1v) is 6.68. The minimum atomic E-state index is -1.82. The molecule has 0 aromatic carbocycles. The molecule has 9 heteroatoms. The Kier molecular flexibility index (Phi) is 3.55. The molecule has 1 aliphatic rings. The first kappa shape index (κ1) is 14.8. The Balaban J connectivity index is 2.21. The smallest absolute Gasteiger partial charge is 0.179 e. The van der Waals surface area contributed by atoms with Crippen LogP contribution in [0, 0.1) is 0 Å². The molecule has 0 unspecified atom stereocenters. The quantitative estimate of drug-likeness (QED) is 0.645. The first-order chi connectivity index (χ1) is 10.5. The highest BCUT2D eigenvalue weighted by molar-refractivity contribution is 5.75. The summed E-state index contributed by atoms with van der Waals surface area (Å²) in [5.74, 6) is 0.234. The molecule has 3 rings (SSSR count). The highest BCUT2D eigenvalue weighted by Crippen LogP contribution is 2.41. The molecule has 2 aromatic heterocycles. The van der Waals surface area contributed by atoms with Gasteiger partial charge in [0.25, 0.3) is 0 Å². The van der Waals surface area contributed by atoms with Gasteiger partial charge in [0.05, 0.1) is 12.3 Å². The van der Waals surface area contributed by atoms with Crippen LogP contribution in [0.15, 0.2) is 23.5 Å². The van der Waals surface area contributed by atoms with Crippen molar-refractivity contribution in [1.29, 1.82) is 0 Å². The highest BCUT2D eigenvalue weighted by atomic mass is 19.1. The number of hydrogen-bond acceptors (Lipinski definition) is 7. The molecule has 22 heavy (non-hydrogen) atoms. The van der Waals surface area contributed by atoms with Gasteiger partial charge in [-0.2, -0.15) is 5.10 Å². The maximum atomic E-state index is 14.8. The average Bonchev–Trinajstić information content (AvgIpc) is 3.04. The standard InChI is InChI=1S/C13H16FN5O3/c1-16-5-13(11(14)10(21)8(4-20)22-13)9-3-2-7-12(15)17-6-18-19(7)9/h2-3,5-6,8,10-11,20-21H,4H2,1H3,(H2,15,17,18)/t8-,10-,11-,13+/m1/s1. The average molecular weight is 309 g/mol. The van der Waals surface area contributed by atoms with Gasteiger partial charge >= 0.3 is 0 Å². The summed E-state index contributed by atoms with van der Waals surface area (Å²) >= 11 is 0. The second kappa shape index (κ2) is 5.27. The lowest BCUT2D eigenvalue weighted by molar-refractivity contribution is -0.0478. The van der Waals surface area contributed by atoms with Crippen LogP contribution in [0.4, 0.5) is 10.2 Å². The van der Waals surface area contributed by atoms with Crippen molar-refractivity contribution in [3.05, 3.63) is 24.2 Å². The van der Waals surface area contributed by atoms with Crippen LogP contribution >= 0.6 is 0 Å². The van der Waals surface area contributed by atoms with Crippen molar-refractivity contribution in [3.63, 3.8) is 0 Å². The lowest BCUT2D eigenvalue weighted by Crippen LogP contribution is -2.40. The normalized spacial score (nSPS) is 32.3. The van der Waals surface area contributed by atoms with Crippen molar-refractivity contribution < 1.29 is 19.3 Å². The van der Waals surface area contributed by atoms with Crippen LogP contribution < -0.4 is 5.73 Å². The number of fused-ring (bicyclic) bond motifs is 1. The van der Waals surface area contributed by atoms with E-state index in [2.05, 4.69) is 15.1 Å². The number of halogens is 1. The first-order valence-electron chi connectivity index (χ1n) is 6.68. The minimum Gasteiger partial charge on any atom is -0.394 e. The topological polar surface area (TPSA) is 118 Å². The third-order valence-corrected chi connectivity index (χ3v) is 3.82. The van der Waals surface area contributed by atoms with Crippen LogP contribution in [0.25, 0.3) is 5.52 Å². The molecule has 0 amide bonds. The molecule has 2 aromatic rings. The number of nitrogens with zero attached hydrogens (tertiary/aromatic N) is 4. The van der Waals surface area contributed by atoms with E-state index in [1.807, 2.05) is 0 Å². The second-order valence-electron chi connectivity index (χ2n) is 5.07. The van der Waals surface area contributed by atoms with E-state index in [0.717, 1.165) is 0 Å². The van der Waals surface area contributed by atoms with Crippen LogP contribution in [-0.2, 0) is 10.3 Å². The van der Waals surface area contributed by atoms with Gasteiger partial charge in [-0.1, -0.05) is 0 Å². The largest absolute Gasteiger partial charge is 0.394 e. The van der Waals surface area contributed by atoms with E-state index in [-0.39, 0.29) is 5.82 Å². The molecular formula is C13H16FN5O3. The van der Waals surface area contributed by atoms with Crippen LogP contribution in [0.3, 0.4) is 0 Å². The summed E-state index contributed by atoms with van der Waals surface area (Å²) in [5.41, 5.74) is 4.91. The molecule has 0 spiro atoms. The van der Waals surface area contributed by atoms with E-state index in [4.69, 9.17) is 10.5 Å². The molecule has 8 nitrogen and oxygen atoms in total. The maximum Gasteiger partial charge on any atom is 0.179 e. The molecule has 0 radical (unpaired) electrons. The van der Waals surface area contributed by atoms with Gasteiger partial charge in [-0.25, -0.2) is 13.9 Å². The summed E-state index contributed by atoms with van der Waals surface area (Å²) in [5, 5.41) is 23.3. The number of aliphatic imine (C=N–C) groups is 1. The number of rotatable bonds is 3. The Morgan fingerprint density at radius 2 is 2.36 bits per heavy atom. The van der Waals surface area contributed by atoms with E-state index >= 15 is 0 Å². The molecule has 0 saturated carbocycles. The zero-order valence-corrected chi connectivity index (χ0v) is 11.8. The van der Waals surface area contributed by atoms with Crippen molar-refractivity contribution in [3.8, 4) is 0 Å². The summed E-state index contributed by atoms with van der Waals surface area (Å²) in [6.45, 7) is -0.513. The molecule has 118 valence electrons. The Morgan fingerprint density at radius 1 is 1.59 bits per heavy atom. The lowest BCUT2D eigenvalue weighted by atomic mass is 9.93. The number of aliphatic hydroxyl groups excluding tert-OH is 2. The van der Waals surface area contributed by atoms with Crippen molar-refractivity contribution in [1.82, 2.24) is 14.6 Å².